The fourth-order valence-electron chi connectivity index (χ4n) is 3.45. The summed E-state index contributed by atoms with van der Waals surface area (Å²) in [5.74, 6) is 0.651. The number of amides is 1. The Kier molecular flexibility index (Phi) is 8.89. The number of nitrogens with zero attached hydrogens (tertiary/aromatic N) is 1. The lowest BCUT2D eigenvalue weighted by atomic mass is 10.1. The molecule has 0 aliphatic heterocycles. The molecule has 0 atom stereocenters. The number of hydrogen-bond acceptors (Lipinski definition) is 6. The molecule has 0 radical (unpaired) electrons. The van der Waals surface area contributed by atoms with Crippen LogP contribution in [0.25, 0.3) is 10.8 Å². The third-order valence-corrected chi connectivity index (χ3v) is 5.73. The molecule has 0 aromatic heterocycles. The van der Waals surface area contributed by atoms with Gasteiger partial charge in [0.2, 0.25) is 0 Å². The highest BCUT2D eigenvalue weighted by Gasteiger charge is 2.12. The lowest BCUT2D eigenvalue weighted by Gasteiger charge is -2.09. The number of halogens is 1. The maximum atomic E-state index is 12.7. The van der Waals surface area contributed by atoms with Crippen LogP contribution in [-0.2, 0) is 4.79 Å². The minimum Gasteiger partial charge on any atom is -0.494 e. The van der Waals surface area contributed by atoms with Crippen molar-refractivity contribution in [3.8, 4) is 17.2 Å². The van der Waals surface area contributed by atoms with E-state index in [1.54, 1.807) is 42.5 Å². The molecule has 0 unspecified atom stereocenters. The molecule has 4 aromatic carbocycles. The van der Waals surface area contributed by atoms with Gasteiger partial charge in [-0.2, -0.15) is 5.10 Å². The summed E-state index contributed by atoms with van der Waals surface area (Å²) in [4.78, 5) is 25.0. The number of fused-ring (bicyclic) bond motifs is 1. The maximum absolute atomic E-state index is 12.7. The van der Waals surface area contributed by atoms with Crippen LogP contribution in [0.2, 0.25) is 0 Å². The average molecular weight is 561 g/mol. The normalized spacial score (nSPS) is 10.9. The summed E-state index contributed by atoms with van der Waals surface area (Å²) in [5.41, 5.74) is 3.32. The average Bonchev–Trinajstić information content (AvgIpc) is 2.92. The van der Waals surface area contributed by atoms with Crippen LogP contribution in [0.15, 0.2) is 94.5 Å². The van der Waals surface area contributed by atoms with Crippen molar-refractivity contribution in [1.29, 1.82) is 0 Å². The standard InChI is InChI=1S/C29H25BrN2O5/c1-2-16-35-24-13-10-21(11-14-24)29(34)37-26-15-12-23(30)17-22(26)18-31-32-28(33)19-36-27-9-5-7-20-6-3-4-8-25(20)27/h3-15,17-18H,2,16,19H2,1H3,(H,32,33). The molecule has 0 aliphatic carbocycles. The molecule has 0 bridgehead atoms. The first-order valence-corrected chi connectivity index (χ1v) is 12.5. The van der Waals surface area contributed by atoms with Gasteiger partial charge in [-0.25, -0.2) is 10.2 Å². The second-order valence-corrected chi connectivity index (χ2v) is 8.92. The van der Waals surface area contributed by atoms with Gasteiger partial charge in [0.15, 0.2) is 6.61 Å². The number of carbonyl (C=O) groups is 2. The molecule has 8 heteroatoms. The summed E-state index contributed by atoms with van der Waals surface area (Å²) in [6.07, 6.45) is 2.31. The van der Waals surface area contributed by atoms with E-state index in [1.807, 2.05) is 49.4 Å². The summed E-state index contributed by atoms with van der Waals surface area (Å²) in [5, 5.41) is 5.95. The number of benzene rings is 4. The SMILES string of the molecule is CCCOc1ccc(C(=O)Oc2ccc(Br)cc2C=NNC(=O)COc2cccc3ccccc23)cc1. The van der Waals surface area contributed by atoms with Crippen LogP contribution in [0, 0.1) is 0 Å². The van der Waals surface area contributed by atoms with Crippen LogP contribution in [0.5, 0.6) is 17.2 Å². The van der Waals surface area contributed by atoms with E-state index in [9.17, 15) is 9.59 Å². The predicted octanol–water partition coefficient (Wildman–Crippen LogP) is 6.14. The van der Waals surface area contributed by atoms with Crippen molar-refractivity contribution < 1.29 is 23.8 Å². The van der Waals surface area contributed by atoms with Crippen molar-refractivity contribution in [2.24, 2.45) is 5.10 Å². The van der Waals surface area contributed by atoms with Gasteiger partial charge in [-0.1, -0.05) is 59.3 Å². The molecule has 0 saturated carbocycles. The van der Waals surface area contributed by atoms with Crippen molar-refractivity contribution in [1.82, 2.24) is 5.43 Å². The van der Waals surface area contributed by atoms with E-state index in [-0.39, 0.29) is 6.61 Å². The van der Waals surface area contributed by atoms with Crippen LogP contribution < -0.4 is 19.6 Å². The van der Waals surface area contributed by atoms with Gasteiger partial charge in [0, 0.05) is 15.4 Å². The molecule has 0 aliphatic rings. The minimum atomic E-state index is -0.522. The largest absolute Gasteiger partial charge is 0.494 e. The van der Waals surface area contributed by atoms with Crippen LogP contribution in [0.4, 0.5) is 0 Å². The smallest absolute Gasteiger partial charge is 0.343 e. The molecular weight excluding hydrogens is 536 g/mol. The van der Waals surface area contributed by atoms with E-state index >= 15 is 0 Å². The quantitative estimate of drug-likeness (QED) is 0.109. The molecule has 0 spiro atoms. The Bertz CT molecular complexity index is 1410. The molecule has 188 valence electrons. The number of carbonyl (C=O) groups excluding carboxylic acids is 2. The second-order valence-electron chi connectivity index (χ2n) is 8.00. The number of hydrogen-bond donors (Lipinski definition) is 1. The van der Waals surface area contributed by atoms with E-state index in [4.69, 9.17) is 14.2 Å². The van der Waals surface area contributed by atoms with Crippen LogP contribution >= 0.6 is 15.9 Å². The van der Waals surface area contributed by atoms with Gasteiger partial charge in [-0.15, -0.1) is 0 Å². The van der Waals surface area contributed by atoms with Crippen molar-refractivity contribution in [2.45, 2.75) is 13.3 Å². The van der Waals surface area contributed by atoms with Crippen molar-refractivity contribution in [3.05, 3.63) is 101 Å². The molecule has 7 nitrogen and oxygen atoms in total. The molecule has 37 heavy (non-hydrogen) atoms. The minimum absolute atomic E-state index is 0.205. The third-order valence-electron chi connectivity index (χ3n) is 5.24. The number of hydrazone groups is 1. The third kappa shape index (κ3) is 7.17. The highest BCUT2D eigenvalue weighted by molar-refractivity contribution is 9.10. The first-order valence-electron chi connectivity index (χ1n) is 11.7. The highest BCUT2D eigenvalue weighted by Crippen LogP contribution is 2.25. The van der Waals surface area contributed by atoms with Crippen LogP contribution in [-0.4, -0.2) is 31.3 Å². The second kappa shape index (κ2) is 12.7. The Labute approximate surface area is 223 Å². The summed E-state index contributed by atoms with van der Waals surface area (Å²) < 4.78 is 17.6. The molecular formula is C29H25BrN2O5. The van der Waals surface area contributed by atoms with E-state index in [2.05, 4.69) is 26.5 Å². The highest BCUT2D eigenvalue weighted by atomic mass is 79.9. The monoisotopic (exact) mass is 560 g/mol. The molecule has 1 N–H and O–H groups in total. The van der Waals surface area contributed by atoms with Gasteiger partial charge in [0.25, 0.3) is 5.91 Å². The van der Waals surface area contributed by atoms with Gasteiger partial charge in [0.1, 0.15) is 17.2 Å². The molecule has 4 aromatic rings. The van der Waals surface area contributed by atoms with E-state index < -0.39 is 11.9 Å². The Hall–Kier alpha value is -4.17. The summed E-state index contributed by atoms with van der Waals surface area (Å²) >= 11 is 3.40. The first-order chi connectivity index (χ1) is 18.0. The lowest BCUT2D eigenvalue weighted by Crippen LogP contribution is -2.24. The van der Waals surface area contributed by atoms with Gasteiger partial charge >= 0.3 is 5.97 Å². The topological polar surface area (TPSA) is 86.2 Å². The Morgan fingerprint density at radius 1 is 0.919 bits per heavy atom. The number of ether oxygens (including phenoxy) is 3. The number of rotatable bonds is 10. The zero-order chi connectivity index (χ0) is 26.0. The fourth-order valence-corrected chi connectivity index (χ4v) is 3.83. The lowest BCUT2D eigenvalue weighted by molar-refractivity contribution is -0.123. The maximum Gasteiger partial charge on any atom is 0.343 e. The van der Waals surface area contributed by atoms with E-state index in [1.165, 1.54) is 6.21 Å². The first kappa shape index (κ1) is 25.9. The van der Waals surface area contributed by atoms with Crippen molar-refractivity contribution in [2.75, 3.05) is 13.2 Å². The number of nitrogens with one attached hydrogen (secondary N) is 1. The fraction of sp³-hybridized carbons (Fsp3) is 0.138. The Morgan fingerprint density at radius 3 is 2.51 bits per heavy atom. The molecule has 4 rings (SSSR count). The zero-order valence-corrected chi connectivity index (χ0v) is 21.7. The zero-order valence-electron chi connectivity index (χ0n) is 20.1. The van der Waals surface area contributed by atoms with Gasteiger partial charge < -0.3 is 14.2 Å². The van der Waals surface area contributed by atoms with Crippen molar-refractivity contribution >= 4 is 44.8 Å². The van der Waals surface area contributed by atoms with E-state index in [0.717, 1.165) is 21.7 Å². The number of esters is 1. The predicted molar refractivity (Wildman–Crippen MR) is 147 cm³/mol. The van der Waals surface area contributed by atoms with E-state index in [0.29, 0.717) is 35.0 Å². The van der Waals surface area contributed by atoms with Gasteiger partial charge in [0.05, 0.1) is 18.4 Å². The molecule has 0 heterocycles. The Balaban J connectivity index is 1.36. The van der Waals surface area contributed by atoms with Crippen molar-refractivity contribution in [3.63, 3.8) is 0 Å². The van der Waals surface area contributed by atoms with Gasteiger partial charge in [-0.3, -0.25) is 4.79 Å². The van der Waals surface area contributed by atoms with Crippen LogP contribution in [0.1, 0.15) is 29.3 Å². The molecule has 0 saturated heterocycles. The van der Waals surface area contributed by atoms with Gasteiger partial charge in [-0.05, 0) is 60.3 Å². The summed E-state index contributed by atoms with van der Waals surface area (Å²) in [7, 11) is 0. The Morgan fingerprint density at radius 2 is 1.70 bits per heavy atom. The summed E-state index contributed by atoms with van der Waals surface area (Å²) in [6.45, 7) is 2.43. The molecule has 0 fully saturated rings. The van der Waals surface area contributed by atoms with Crippen LogP contribution in [0.3, 0.4) is 0 Å². The summed E-state index contributed by atoms with van der Waals surface area (Å²) in [6, 6.07) is 25.3. The molecule has 1 amide bonds.